The van der Waals surface area contributed by atoms with Gasteiger partial charge in [0, 0.05) is 0 Å². The summed E-state index contributed by atoms with van der Waals surface area (Å²) in [5.41, 5.74) is 0. The first-order chi connectivity index (χ1) is 4.86. The van der Waals surface area contributed by atoms with Crippen molar-refractivity contribution in [1.82, 2.24) is 1.74 Å². The van der Waals surface area contributed by atoms with Crippen molar-refractivity contribution in [3.63, 3.8) is 0 Å². The fraction of sp³-hybridized carbons (Fsp3) is 1.00. The second kappa shape index (κ2) is 3.40. The Hall–Kier alpha value is 1.38. The summed E-state index contributed by atoms with van der Waals surface area (Å²) >= 11 is 0.523. The molecule has 2 N–H and O–H groups in total. The molecule has 2 bridgehead atoms. The Morgan fingerprint density at radius 2 is 2.20 bits per heavy atom. The Morgan fingerprint density at radius 3 is 3.00 bits per heavy atom. The third-order valence-electron chi connectivity index (χ3n) is 2.05. The summed E-state index contributed by atoms with van der Waals surface area (Å²) in [6.45, 7) is 0. The molecule has 2 fully saturated rings. The van der Waals surface area contributed by atoms with E-state index in [9.17, 15) is 5.11 Å². The molecule has 4 heteroatoms. The van der Waals surface area contributed by atoms with Crippen molar-refractivity contribution in [3.05, 3.63) is 0 Å². The fourth-order valence-corrected chi connectivity index (χ4v) is 11.4. The zero-order chi connectivity index (χ0) is 6.97. The van der Waals surface area contributed by atoms with Crippen molar-refractivity contribution < 1.29 is 48.1 Å². The van der Waals surface area contributed by atoms with E-state index < -0.39 is 0 Å². The van der Waals surface area contributed by atoms with Crippen molar-refractivity contribution in [2.45, 2.75) is 33.2 Å². The predicted molar refractivity (Wildman–Crippen MR) is 30.6 cm³/mol. The molecule has 3 unspecified atom stereocenters. The van der Waals surface area contributed by atoms with Gasteiger partial charge >= 0.3 is 83.0 Å². The molecule has 1 aliphatic heterocycles. The van der Waals surface area contributed by atoms with Gasteiger partial charge in [-0.1, -0.05) is 0 Å². The molecule has 2 nitrogen and oxygen atoms in total. The van der Waals surface area contributed by atoms with Crippen LogP contribution in [0, 0.1) is 0 Å². The molecule has 0 radical (unpaired) electrons. The van der Waals surface area contributed by atoms with Crippen molar-refractivity contribution in [1.29, 1.82) is 0 Å². The van der Waals surface area contributed by atoms with E-state index in [0.29, 0.717) is 25.4 Å². The van der Waals surface area contributed by atoms with Gasteiger partial charge in [-0.3, -0.25) is 0 Å². The Labute approximate surface area is 82.4 Å². The summed E-state index contributed by atoms with van der Waals surface area (Å²) < 4.78 is 5.28. The number of rotatable bonds is 0. The Balaban J connectivity index is 2.00. The van der Waals surface area contributed by atoms with Gasteiger partial charge in [0.25, 0.3) is 0 Å². The molecule has 1 aliphatic carbocycles. The third kappa shape index (κ3) is 1.59. The summed E-state index contributed by atoms with van der Waals surface area (Å²) in [6, 6.07) is 0. The molecule has 0 spiro atoms. The van der Waals surface area contributed by atoms with Gasteiger partial charge in [0.2, 0.25) is 0 Å². The van der Waals surface area contributed by atoms with E-state index in [-0.39, 0.29) is 27.6 Å². The average molecular weight is 367 g/mol. The summed E-state index contributed by atoms with van der Waals surface area (Å²) in [7, 11) is 0. The van der Waals surface area contributed by atoms with E-state index >= 15 is 0 Å². The first-order valence-corrected chi connectivity index (χ1v) is 8.19. The number of hydrogen-bond acceptors (Lipinski definition) is 2. The van der Waals surface area contributed by atoms with Crippen molar-refractivity contribution in [2.75, 3.05) is 0 Å². The zero-order valence-electron chi connectivity index (χ0n) is 5.56. The minimum absolute atomic E-state index is 0.0563. The Bertz CT molecular complexity index is 131. The topological polar surface area (TPSA) is 32.3 Å². The molecule has 10 heavy (non-hydrogen) atoms. The molecule has 1 saturated carbocycles. The van der Waals surface area contributed by atoms with Crippen LogP contribution in [0.2, 0.25) is 0 Å². The molecular weight excluding hydrogens is 356 g/mol. The third-order valence-corrected chi connectivity index (χ3v) is 9.83. The van der Waals surface area contributed by atoms with Crippen LogP contribution >= 0.6 is 0 Å². The van der Waals surface area contributed by atoms with Gasteiger partial charge in [0.05, 0.1) is 0 Å². The van der Waals surface area contributed by atoms with E-state index in [4.69, 9.17) is 0 Å². The number of nitrogens with one attached hydrogen (secondary N) is 1. The van der Waals surface area contributed by atoms with Crippen LogP contribution in [0.4, 0.5) is 0 Å². The van der Waals surface area contributed by atoms with Crippen molar-refractivity contribution >= 4 is 0 Å². The van der Waals surface area contributed by atoms with Crippen molar-refractivity contribution in [3.8, 4) is 0 Å². The van der Waals surface area contributed by atoms with Gasteiger partial charge in [0.15, 0.2) is 0 Å². The van der Waals surface area contributed by atoms with Gasteiger partial charge in [0.1, 0.15) is 0 Å². The number of halogens is 2. The number of aliphatic hydroxyl groups excluding tert-OH is 1. The molecule has 3 atom stereocenters. The maximum atomic E-state index is 9.52. The first-order valence-electron chi connectivity index (χ1n) is 3.54. The predicted octanol–water partition coefficient (Wildman–Crippen LogP) is -6.12. The van der Waals surface area contributed by atoms with Crippen LogP contribution in [0.1, 0.15) is 19.3 Å². The molecule has 2 aliphatic rings. The molecule has 0 aromatic carbocycles. The van der Waals surface area contributed by atoms with Crippen LogP contribution in [0.5, 0.6) is 0 Å². The monoisotopic (exact) mass is 367 g/mol. The van der Waals surface area contributed by atoms with Gasteiger partial charge in [-0.15, -0.1) is 0 Å². The van der Waals surface area contributed by atoms with Crippen LogP contribution < -0.4 is 44.7 Å². The summed E-state index contributed by atoms with van der Waals surface area (Å²) in [5, 5.41) is 9.52. The maximum absolute atomic E-state index is 9.52. The van der Waals surface area contributed by atoms with E-state index in [1.165, 1.54) is 12.8 Å². The van der Waals surface area contributed by atoms with E-state index in [1.54, 1.807) is 0 Å². The van der Waals surface area contributed by atoms with Gasteiger partial charge < -0.3 is 0 Å². The summed E-state index contributed by atoms with van der Waals surface area (Å²) in [5.74, 6) is 0. The number of hydrogen-bond donors (Lipinski definition) is 2. The average Bonchev–Trinajstić information content (AvgIpc) is 1.99. The van der Waals surface area contributed by atoms with Gasteiger partial charge in [-0.25, -0.2) is 0 Å². The SMILES string of the molecule is OC1CCC2CC1[I-]N[I-]2. The summed E-state index contributed by atoms with van der Waals surface area (Å²) in [6.07, 6.45) is 3.80. The number of aliphatic hydroxyl groups is 1. The molecule has 2 rings (SSSR count). The number of fused-ring (bicyclic) bond motifs is 2. The standard InChI is InChI=1S/C6H11I2NO/c10-6-2-1-4-3-5(6)8-9-7-4/h4-6,9-10H,1-3H2/q-2. The zero-order valence-corrected chi connectivity index (χ0v) is 9.87. The van der Waals surface area contributed by atoms with E-state index in [1.807, 2.05) is 0 Å². The normalized spacial score (nSPS) is 48.7. The molecule has 0 aromatic heterocycles. The van der Waals surface area contributed by atoms with Crippen molar-refractivity contribution in [2.24, 2.45) is 0 Å². The van der Waals surface area contributed by atoms with Crippen LogP contribution in [-0.4, -0.2) is 19.1 Å². The molecule has 62 valence electrons. The van der Waals surface area contributed by atoms with Crippen LogP contribution in [0.3, 0.4) is 0 Å². The molecule has 0 aromatic rings. The van der Waals surface area contributed by atoms with E-state index in [2.05, 4.69) is 1.74 Å². The van der Waals surface area contributed by atoms with Gasteiger partial charge in [-0.2, -0.15) is 0 Å². The quantitative estimate of drug-likeness (QED) is 0.254. The molecule has 1 heterocycles. The van der Waals surface area contributed by atoms with Crippen LogP contribution in [0.25, 0.3) is 0 Å². The molecule has 1 saturated heterocycles. The van der Waals surface area contributed by atoms with Crippen LogP contribution in [-0.2, 0) is 0 Å². The van der Waals surface area contributed by atoms with E-state index in [0.717, 1.165) is 10.3 Å². The Morgan fingerprint density at radius 1 is 1.30 bits per heavy atom. The second-order valence-electron chi connectivity index (χ2n) is 2.78. The summed E-state index contributed by atoms with van der Waals surface area (Å²) in [4.78, 5) is 0. The second-order valence-corrected chi connectivity index (χ2v) is 10.5. The number of alkyl halides is 2. The molecule has 0 amide bonds. The first kappa shape index (κ1) is 8.00. The minimum atomic E-state index is 0.0563. The van der Waals surface area contributed by atoms with Crippen LogP contribution in [0.15, 0.2) is 0 Å². The van der Waals surface area contributed by atoms with Gasteiger partial charge in [-0.05, 0) is 0 Å². The fourth-order valence-electron chi connectivity index (χ4n) is 1.40. The Kier molecular flexibility index (Phi) is 2.72. The molecular formula is C6H11I2NO-2.